The van der Waals surface area contributed by atoms with Gasteiger partial charge in [-0.25, -0.2) is 0 Å². The van der Waals surface area contributed by atoms with E-state index in [1.807, 2.05) is 97.3 Å². The molecule has 0 radical (unpaired) electrons. The first-order chi connectivity index (χ1) is 28.2. The first-order valence-corrected chi connectivity index (χ1v) is 19.4. The van der Waals surface area contributed by atoms with E-state index in [1.165, 1.54) is 0 Å². The van der Waals surface area contributed by atoms with Crippen LogP contribution >= 0.6 is 11.8 Å². The summed E-state index contributed by atoms with van der Waals surface area (Å²) in [6.45, 7) is 0. The van der Waals surface area contributed by atoms with Crippen LogP contribution in [0.1, 0.15) is 33.4 Å². The van der Waals surface area contributed by atoms with E-state index in [0.29, 0.717) is 11.1 Å². The third-order valence-corrected chi connectivity index (χ3v) is 12.7. The molecule has 57 heavy (non-hydrogen) atoms. The van der Waals surface area contributed by atoms with E-state index < -0.39 is 5.41 Å². The molecule has 3 aliphatic rings. The quantitative estimate of drug-likeness (QED) is 0.174. The summed E-state index contributed by atoms with van der Waals surface area (Å²) < 4.78 is 8.69. The highest BCUT2D eigenvalue weighted by Gasteiger charge is 2.53. The number of rotatable bonds is 2. The van der Waals surface area contributed by atoms with Crippen LogP contribution in [0.5, 0.6) is 11.5 Å². The summed E-state index contributed by atoms with van der Waals surface area (Å²) in [5.41, 5.74) is 12.4. The number of pyridine rings is 2. The highest BCUT2D eigenvalue weighted by atomic mass is 32.2. The Morgan fingerprint density at radius 3 is 1.75 bits per heavy atom. The zero-order valence-corrected chi connectivity index (χ0v) is 30.8. The predicted molar refractivity (Wildman–Crippen MR) is 222 cm³/mol. The molecule has 3 aromatic heterocycles. The fourth-order valence-corrected chi connectivity index (χ4v) is 10.6. The molecule has 1 spiro atoms. The Labute approximate surface area is 331 Å². The summed E-state index contributed by atoms with van der Waals surface area (Å²) in [7, 11) is 0. The van der Waals surface area contributed by atoms with Crippen molar-refractivity contribution in [3.8, 4) is 40.7 Å². The zero-order chi connectivity index (χ0) is 37.8. The minimum absolute atomic E-state index is 0.567. The average Bonchev–Trinajstić information content (AvgIpc) is 3.74. The van der Waals surface area contributed by atoms with Crippen molar-refractivity contribution < 1.29 is 4.74 Å². The number of hydrogen-bond donors (Lipinski definition) is 0. The molecular formula is C49H26N6OS. The molecule has 264 valence electrons. The fourth-order valence-electron chi connectivity index (χ4n) is 9.37. The van der Waals surface area contributed by atoms with Crippen molar-refractivity contribution in [3.63, 3.8) is 0 Å². The van der Waals surface area contributed by atoms with E-state index in [4.69, 9.17) is 14.7 Å². The maximum absolute atomic E-state index is 9.94. The van der Waals surface area contributed by atoms with Gasteiger partial charge in [0.05, 0.1) is 68.2 Å². The SMILES string of the molecule is N#Cc1ccc2c(c1)c1cc(C#N)ccc1n2-c1cccc2c1C1(c3ccc(N4c5ccccc5Oc5ccccc54)cc3S2)c2cccnc2-c2ncccc21. The van der Waals surface area contributed by atoms with Crippen LogP contribution in [0.3, 0.4) is 0 Å². The van der Waals surface area contributed by atoms with Crippen LogP contribution < -0.4 is 9.64 Å². The molecule has 0 atom stereocenters. The molecule has 12 rings (SSSR count). The molecule has 7 nitrogen and oxygen atoms in total. The standard InChI is InChI=1S/C49H26N6OS/c50-27-29-16-20-37-32(24-29)33-25-30(28-51)17-21-38(33)55(37)41-12-5-15-44-46(41)49(35-8-6-22-52-47(35)48-36(49)9-7-23-53-48)34-19-18-31(26-45(34)57-44)54-39-10-1-3-13-42(39)56-43-14-4-2-11-40(43)54/h1-26H. The smallest absolute Gasteiger partial charge is 0.151 e. The normalized spacial score (nSPS) is 13.8. The zero-order valence-electron chi connectivity index (χ0n) is 30.0. The van der Waals surface area contributed by atoms with Gasteiger partial charge in [-0.05, 0) is 114 Å². The summed E-state index contributed by atoms with van der Waals surface area (Å²) >= 11 is 1.77. The topological polar surface area (TPSA) is 90.8 Å². The second kappa shape index (κ2) is 11.7. The molecule has 0 amide bonds. The Kier molecular flexibility index (Phi) is 6.49. The van der Waals surface area contributed by atoms with Crippen molar-refractivity contribution in [3.05, 3.63) is 191 Å². The lowest BCUT2D eigenvalue weighted by atomic mass is 9.67. The number of nitriles is 2. The number of anilines is 3. The molecule has 0 unspecified atom stereocenters. The van der Waals surface area contributed by atoms with Crippen LogP contribution in [0.25, 0.3) is 38.9 Å². The maximum atomic E-state index is 9.94. The number of nitrogens with zero attached hydrogens (tertiary/aromatic N) is 6. The van der Waals surface area contributed by atoms with Gasteiger partial charge in [-0.15, -0.1) is 0 Å². The Hall–Kier alpha value is -7.65. The van der Waals surface area contributed by atoms with Crippen LogP contribution in [0.15, 0.2) is 168 Å². The van der Waals surface area contributed by atoms with E-state index in [-0.39, 0.29) is 0 Å². The Balaban J connectivity index is 1.18. The number of benzene rings is 6. The van der Waals surface area contributed by atoms with Gasteiger partial charge in [0.2, 0.25) is 0 Å². The molecule has 9 aromatic rings. The molecule has 1 aliphatic carbocycles. The fraction of sp³-hybridized carbons (Fsp3) is 0.0204. The minimum Gasteiger partial charge on any atom is -0.453 e. The van der Waals surface area contributed by atoms with Gasteiger partial charge in [0, 0.05) is 44.2 Å². The second-order valence-corrected chi connectivity index (χ2v) is 15.5. The molecule has 0 N–H and O–H groups in total. The van der Waals surface area contributed by atoms with E-state index in [2.05, 4.69) is 82.3 Å². The minimum atomic E-state index is -0.791. The lowest BCUT2D eigenvalue weighted by molar-refractivity contribution is 0.477. The van der Waals surface area contributed by atoms with Gasteiger partial charge in [-0.2, -0.15) is 10.5 Å². The van der Waals surface area contributed by atoms with Crippen molar-refractivity contribution in [1.29, 1.82) is 10.5 Å². The van der Waals surface area contributed by atoms with Gasteiger partial charge in [-0.3, -0.25) is 9.97 Å². The molecule has 2 aliphatic heterocycles. The third-order valence-electron chi connectivity index (χ3n) is 11.6. The summed E-state index contributed by atoms with van der Waals surface area (Å²) in [6, 6.07) is 54.5. The van der Waals surface area contributed by atoms with E-state index in [1.54, 1.807) is 11.8 Å². The molecule has 0 fully saturated rings. The van der Waals surface area contributed by atoms with Gasteiger partial charge in [0.25, 0.3) is 0 Å². The lowest BCUT2D eigenvalue weighted by Gasteiger charge is -2.41. The molecule has 8 heteroatoms. The highest BCUT2D eigenvalue weighted by Crippen LogP contribution is 2.63. The van der Waals surface area contributed by atoms with Crippen LogP contribution in [0.4, 0.5) is 17.1 Å². The molecule has 6 aromatic carbocycles. The van der Waals surface area contributed by atoms with Gasteiger partial charge in [-0.1, -0.05) is 60.3 Å². The van der Waals surface area contributed by atoms with Crippen LogP contribution in [0, 0.1) is 22.7 Å². The maximum Gasteiger partial charge on any atom is 0.151 e. The number of para-hydroxylation sites is 4. The molecule has 5 heterocycles. The molecule has 0 saturated carbocycles. The largest absolute Gasteiger partial charge is 0.453 e. The van der Waals surface area contributed by atoms with Crippen LogP contribution in [0.2, 0.25) is 0 Å². The van der Waals surface area contributed by atoms with Crippen molar-refractivity contribution >= 4 is 50.6 Å². The van der Waals surface area contributed by atoms with Crippen molar-refractivity contribution in [2.45, 2.75) is 15.2 Å². The van der Waals surface area contributed by atoms with Gasteiger partial charge in [0.15, 0.2) is 11.5 Å². The van der Waals surface area contributed by atoms with Crippen molar-refractivity contribution in [2.75, 3.05) is 4.90 Å². The van der Waals surface area contributed by atoms with Crippen molar-refractivity contribution in [2.24, 2.45) is 0 Å². The van der Waals surface area contributed by atoms with Crippen LogP contribution in [-0.2, 0) is 5.41 Å². The summed E-state index contributed by atoms with van der Waals surface area (Å²) in [5.74, 6) is 1.61. The Bertz CT molecular complexity index is 3150. The number of aromatic nitrogens is 3. The average molecular weight is 747 g/mol. The summed E-state index contributed by atoms with van der Waals surface area (Å²) in [5, 5.41) is 21.7. The second-order valence-electron chi connectivity index (χ2n) is 14.4. The number of ether oxygens (including phenoxy) is 1. The summed E-state index contributed by atoms with van der Waals surface area (Å²) in [6.07, 6.45) is 3.70. The number of hydrogen-bond acceptors (Lipinski definition) is 7. The molecular weight excluding hydrogens is 721 g/mol. The monoisotopic (exact) mass is 746 g/mol. The molecule has 0 saturated heterocycles. The van der Waals surface area contributed by atoms with E-state index in [9.17, 15) is 10.5 Å². The van der Waals surface area contributed by atoms with Crippen LogP contribution in [-0.4, -0.2) is 14.5 Å². The third kappa shape index (κ3) is 4.20. The van der Waals surface area contributed by atoms with Gasteiger partial charge < -0.3 is 14.2 Å². The van der Waals surface area contributed by atoms with E-state index in [0.717, 1.165) is 99.5 Å². The predicted octanol–water partition coefficient (Wildman–Crippen LogP) is 11.7. The van der Waals surface area contributed by atoms with Gasteiger partial charge in [0.1, 0.15) is 0 Å². The van der Waals surface area contributed by atoms with Crippen molar-refractivity contribution in [1.82, 2.24) is 14.5 Å². The molecule has 0 bridgehead atoms. The first-order valence-electron chi connectivity index (χ1n) is 18.6. The Morgan fingerprint density at radius 2 is 1.14 bits per heavy atom. The van der Waals surface area contributed by atoms with Gasteiger partial charge >= 0.3 is 0 Å². The Morgan fingerprint density at radius 1 is 0.544 bits per heavy atom. The first kappa shape index (κ1) is 31.7. The lowest BCUT2D eigenvalue weighted by Crippen LogP contribution is -2.33. The summed E-state index contributed by atoms with van der Waals surface area (Å²) in [4.78, 5) is 14.5. The highest BCUT2D eigenvalue weighted by molar-refractivity contribution is 7.99. The number of fused-ring (bicyclic) bond motifs is 14. The van der Waals surface area contributed by atoms with E-state index >= 15 is 0 Å².